The minimum atomic E-state index is 0.409. The summed E-state index contributed by atoms with van der Waals surface area (Å²) in [6, 6.07) is 16.0. The largest absolute Gasteiger partial charge is 0.340 e. The standard InChI is InChI=1S/C17H11Cl2N5/c18-12-7-13(19)9-15(8-12)23-17-21-6-5-16(24-17)22-14-3-1-11(10-20)2-4-14/h1-9H,(H2,21,22,23,24). The molecule has 2 N–H and O–H groups in total. The maximum atomic E-state index is 8.82. The number of halogens is 2. The summed E-state index contributed by atoms with van der Waals surface area (Å²) in [6.45, 7) is 0. The van der Waals surface area contributed by atoms with Gasteiger partial charge in [-0.05, 0) is 48.5 Å². The van der Waals surface area contributed by atoms with Crippen molar-refractivity contribution in [2.45, 2.75) is 0 Å². The van der Waals surface area contributed by atoms with E-state index in [1.807, 2.05) is 12.1 Å². The molecule has 0 fully saturated rings. The van der Waals surface area contributed by atoms with Gasteiger partial charge in [-0.25, -0.2) is 4.98 Å². The van der Waals surface area contributed by atoms with Crippen LogP contribution in [0.5, 0.6) is 0 Å². The molecule has 24 heavy (non-hydrogen) atoms. The Morgan fingerprint density at radius 3 is 2.25 bits per heavy atom. The number of rotatable bonds is 4. The predicted molar refractivity (Wildman–Crippen MR) is 96.2 cm³/mol. The number of anilines is 4. The molecule has 0 amide bonds. The zero-order chi connectivity index (χ0) is 16.9. The molecule has 0 saturated heterocycles. The third-order valence-electron chi connectivity index (χ3n) is 3.06. The van der Waals surface area contributed by atoms with Crippen molar-refractivity contribution >= 4 is 46.3 Å². The van der Waals surface area contributed by atoms with Gasteiger partial charge in [0.15, 0.2) is 0 Å². The van der Waals surface area contributed by atoms with E-state index in [1.165, 1.54) is 0 Å². The topological polar surface area (TPSA) is 73.6 Å². The second-order valence-corrected chi connectivity index (χ2v) is 5.74. The van der Waals surface area contributed by atoms with Crippen molar-refractivity contribution in [1.82, 2.24) is 9.97 Å². The number of hydrogen-bond donors (Lipinski definition) is 2. The van der Waals surface area contributed by atoms with E-state index in [2.05, 4.69) is 26.7 Å². The van der Waals surface area contributed by atoms with Gasteiger partial charge in [-0.3, -0.25) is 0 Å². The quantitative estimate of drug-likeness (QED) is 0.677. The van der Waals surface area contributed by atoms with Crippen LogP contribution in [0.25, 0.3) is 0 Å². The molecule has 118 valence electrons. The predicted octanol–water partition coefficient (Wildman–Crippen LogP) is 5.14. The molecule has 1 heterocycles. The molecule has 0 aliphatic rings. The van der Waals surface area contributed by atoms with Gasteiger partial charge in [0.1, 0.15) is 5.82 Å². The van der Waals surface area contributed by atoms with Crippen LogP contribution in [-0.2, 0) is 0 Å². The zero-order valence-electron chi connectivity index (χ0n) is 12.3. The first-order valence-corrected chi connectivity index (χ1v) is 7.71. The summed E-state index contributed by atoms with van der Waals surface area (Å²) in [5, 5.41) is 16.1. The number of nitriles is 1. The summed E-state index contributed by atoms with van der Waals surface area (Å²) in [4.78, 5) is 8.55. The van der Waals surface area contributed by atoms with Crippen LogP contribution in [0.2, 0.25) is 10.0 Å². The maximum absolute atomic E-state index is 8.82. The van der Waals surface area contributed by atoms with Gasteiger partial charge >= 0.3 is 0 Å². The molecule has 3 rings (SSSR count). The smallest absolute Gasteiger partial charge is 0.229 e. The van der Waals surface area contributed by atoms with Crippen molar-refractivity contribution in [3.8, 4) is 6.07 Å². The molecule has 0 bridgehead atoms. The van der Waals surface area contributed by atoms with Crippen molar-refractivity contribution in [2.24, 2.45) is 0 Å². The summed E-state index contributed by atoms with van der Waals surface area (Å²) < 4.78 is 0. The Bertz CT molecular complexity index is 883. The molecule has 5 nitrogen and oxygen atoms in total. The van der Waals surface area contributed by atoms with Gasteiger partial charge in [-0.1, -0.05) is 23.2 Å². The lowest BCUT2D eigenvalue weighted by atomic mass is 10.2. The van der Waals surface area contributed by atoms with E-state index in [4.69, 9.17) is 28.5 Å². The molecule has 0 aliphatic heterocycles. The lowest BCUT2D eigenvalue weighted by Gasteiger charge is -2.09. The molecular formula is C17H11Cl2N5. The molecule has 0 radical (unpaired) electrons. The minimum absolute atomic E-state index is 0.409. The van der Waals surface area contributed by atoms with Crippen LogP contribution in [0.15, 0.2) is 54.7 Å². The Balaban J connectivity index is 1.77. The molecule has 1 aromatic heterocycles. The molecule has 0 unspecified atom stereocenters. The fourth-order valence-electron chi connectivity index (χ4n) is 2.02. The van der Waals surface area contributed by atoms with Crippen LogP contribution in [0, 0.1) is 11.3 Å². The van der Waals surface area contributed by atoms with Crippen molar-refractivity contribution < 1.29 is 0 Å². The molecule has 0 atom stereocenters. The molecule has 0 aliphatic carbocycles. The van der Waals surface area contributed by atoms with Crippen LogP contribution < -0.4 is 10.6 Å². The highest BCUT2D eigenvalue weighted by Crippen LogP contribution is 2.24. The van der Waals surface area contributed by atoms with Gasteiger partial charge in [0, 0.05) is 27.6 Å². The second-order valence-electron chi connectivity index (χ2n) is 4.86. The number of hydrogen-bond acceptors (Lipinski definition) is 5. The fraction of sp³-hybridized carbons (Fsp3) is 0. The molecule has 7 heteroatoms. The van der Waals surface area contributed by atoms with Crippen molar-refractivity contribution in [1.29, 1.82) is 5.26 Å². The highest BCUT2D eigenvalue weighted by Gasteiger charge is 2.03. The first kappa shape index (κ1) is 16.1. The van der Waals surface area contributed by atoms with E-state index in [0.29, 0.717) is 33.1 Å². The summed E-state index contributed by atoms with van der Waals surface area (Å²) >= 11 is 12.0. The number of nitrogens with zero attached hydrogens (tertiary/aromatic N) is 3. The monoisotopic (exact) mass is 355 g/mol. The summed E-state index contributed by atoms with van der Waals surface area (Å²) in [7, 11) is 0. The average molecular weight is 356 g/mol. The molecule has 2 aromatic carbocycles. The maximum Gasteiger partial charge on any atom is 0.229 e. The average Bonchev–Trinajstić information content (AvgIpc) is 2.55. The van der Waals surface area contributed by atoms with Crippen LogP contribution >= 0.6 is 23.2 Å². The summed E-state index contributed by atoms with van der Waals surface area (Å²) in [5.41, 5.74) is 2.12. The van der Waals surface area contributed by atoms with Crippen LogP contribution in [0.3, 0.4) is 0 Å². The molecular weight excluding hydrogens is 345 g/mol. The van der Waals surface area contributed by atoms with Gasteiger partial charge in [-0.2, -0.15) is 10.2 Å². The first-order chi connectivity index (χ1) is 11.6. The van der Waals surface area contributed by atoms with Gasteiger partial charge in [-0.15, -0.1) is 0 Å². The van der Waals surface area contributed by atoms with Crippen molar-refractivity contribution in [3.63, 3.8) is 0 Å². The van der Waals surface area contributed by atoms with E-state index in [0.717, 1.165) is 5.69 Å². The Kier molecular flexibility index (Phi) is 4.80. The third-order valence-corrected chi connectivity index (χ3v) is 3.50. The Morgan fingerprint density at radius 1 is 0.875 bits per heavy atom. The zero-order valence-corrected chi connectivity index (χ0v) is 13.8. The van der Waals surface area contributed by atoms with Crippen LogP contribution in [0.4, 0.5) is 23.1 Å². The van der Waals surface area contributed by atoms with E-state index in [9.17, 15) is 0 Å². The van der Waals surface area contributed by atoms with E-state index in [-0.39, 0.29) is 0 Å². The van der Waals surface area contributed by atoms with Gasteiger partial charge in [0.25, 0.3) is 0 Å². The summed E-state index contributed by atoms with van der Waals surface area (Å²) in [5.74, 6) is 1.03. The van der Waals surface area contributed by atoms with E-state index in [1.54, 1.807) is 42.6 Å². The van der Waals surface area contributed by atoms with Crippen LogP contribution in [0.1, 0.15) is 5.56 Å². The molecule has 0 saturated carbocycles. The fourth-order valence-corrected chi connectivity index (χ4v) is 2.55. The Morgan fingerprint density at radius 2 is 1.58 bits per heavy atom. The number of benzene rings is 2. The second kappa shape index (κ2) is 7.18. The Hall–Kier alpha value is -2.81. The van der Waals surface area contributed by atoms with Gasteiger partial charge in [0.05, 0.1) is 11.6 Å². The SMILES string of the molecule is N#Cc1ccc(Nc2ccnc(Nc3cc(Cl)cc(Cl)c3)n2)cc1. The Labute approximate surface area is 148 Å². The van der Waals surface area contributed by atoms with Crippen molar-refractivity contribution in [3.05, 3.63) is 70.3 Å². The highest BCUT2D eigenvalue weighted by molar-refractivity contribution is 6.35. The normalized spacial score (nSPS) is 10.0. The van der Waals surface area contributed by atoms with Crippen molar-refractivity contribution in [2.75, 3.05) is 10.6 Å². The van der Waals surface area contributed by atoms with E-state index < -0.39 is 0 Å². The number of aromatic nitrogens is 2. The third kappa shape index (κ3) is 4.13. The first-order valence-electron chi connectivity index (χ1n) is 6.96. The van der Waals surface area contributed by atoms with Gasteiger partial charge < -0.3 is 10.6 Å². The molecule has 0 spiro atoms. The van der Waals surface area contributed by atoms with E-state index >= 15 is 0 Å². The lowest BCUT2D eigenvalue weighted by Crippen LogP contribution is -2.00. The number of nitrogens with one attached hydrogen (secondary N) is 2. The summed E-state index contributed by atoms with van der Waals surface area (Å²) in [6.07, 6.45) is 1.63. The minimum Gasteiger partial charge on any atom is -0.340 e. The highest BCUT2D eigenvalue weighted by atomic mass is 35.5. The van der Waals surface area contributed by atoms with Crippen LogP contribution in [-0.4, -0.2) is 9.97 Å². The van der Waals surface area contributed by atoms with Gasteiger partial charge in [0.2, 0.25) is 5.95 Å². The molecule has 3 aromatic rings. The lowest BCUT2D eigenvalue weighted by molar-refractivity contribution is 1.17.